The van der Waals surface area contributed by atoms with E-state index in [0.29, 0.717) is 0 Å². The fourth-order valence-electron chi connectivity index (χ4n) is 1.71. The summed E-state index contributed by atoms with van der Waals surface area (Å²) in [6, 6.07) is 12.4. The highest BCUT2D eigenvalue weighted by atomic mass is 19.1. The highest BCUT2D eigenvalue weighted by molar-refractivity contribution is 5.38. The van der Waals surface area contributed by atoms with Crippen molar-refractivity contribution in [2.24, 2.45) is 5.73 Å². The SMILES string of the molecule is NC(COc1ccc([N+](=O)[O-])c(F)c1)c1ccccc1. The van der Waals surface area contributed by atoms with Crippen LogP contribution < -0.4 is 10.5 Å². The largest absolute Gasteiger partial charge is 0.492 e. The quantitative estimate of drug-likeness (QED) is 0.672. The number of nitro groups is 1. The molecule has 0 spiro atoms. The zero-order valence-corrected chi connectivity index (χ0v) is 10.5. The van der Waals surface area contributed by atoms with E-state index < -0.39 is 16.4 Å². The van der Waals surface area contributed by atoms with Crippen LogP contribution in [0.2, 0.25) is 0 Å². The number of nitro benzene ring substituents is 1. The number of benzene rings is 2. The lowest BCUT2D eigenvalue weighted by atomic mass is 10.1. The third-order valence-corrected chi connectivity index (χ3v) is 2.77. The van der Waals surface area contributed by atoms with Crippen molar-refractivity contribution in [3.05, 3.63) is 70.0 Å². The summed E-state index contributed by atoms with van der Waals surface area (Å²) in [5, 5.41) is 10.5. The van der Waals surface area contributed by atoms with Crippen LogP contribution in [0.3, 0.4) is 0 Å². The molecule has 0 bridgehead atoms. The Bertz CT molecular complexity index is 605. The van der Waals surface area contributed by atoms with Crippen molar-refractivity contribution in [1.29, 1.82) is 0 Å². The predicted molar refractivity (Wildman–Crippen MR) is 71.9 cm³/mol. The number of hydrogen-bond acceptors (Lipinski definition) is 4. The first-order valence-electron chi connectivity index (χ1n) is 5.95. The van der Waals surface area contributed by atoms with Gasteiger partial charge in [0.1, 0.15) is 12.4 Å². The van der Waals surface area contributed by atoms with E-state index in [9.17, 15) is 14.5 Å². The molecular formula is C14H13FN2O3. The highest BCUT2D eigenvalue weighted by Crippen LogP contribution is 2.23. The Labute approximate surface area is 114 Å². The summed E-state index contributed by atoms with van der Waals surface area (Å²) in [5.41, 5.74) is 6.25. The summed E-state index contributed by atoms with van der Waals surface area (Å²) in [6.07, 6.45) is 0. The fraction of sp³-hybridized carbons (Fsp3) is 0.143. The molecular weight excluding hydrogens is 263 g/mol. The fourth-order valence-corrected chi connectivity index (χ4v) is 1.71. The molecule has 0 aliphatic rings. The number of ether oxygens (including phenoxy) is 1. The zero-order chi connectivity index (χ0) is 14.5. The molecule has 2 rings (SSSR count). The first-order chi connectivity index (χ1) is 9.58. The summed E-state index contributed by atoms with van der Waals surface area (Å²) in [7, 11) is 0. The Balaban J connectivity index is 2.01. The van der Waals surface area contributed by atoms with Crippen molar-refractivity contribution >= 4 is 5.69 Å². The van der Waals surface area contributed by atoms with Crippen molar-refractivity contribution in [3.63, 3.8) is 0 Å². The van der Waals surface area contributed by atoms with Gasteiger partial charge in [-0.25, -0.2) is 0 Å². The molecule has 6 heteroatoms. The van der Waals surface area contributed by atoms with Crippen LogP contribution in [0.5, 0.6) is 5.75 Å². The molecule has 104 valence electrons. The van der Waals surface area contributed by atoms with Gasteiger partial charge in [0.05, 0.1) is 11.0 Å². The average molecular weight is 276 g/mol. The van der Waals surface area contributed by atoms with E-state index in [1.807, 2.05) is 30.3 Å². The molecule has 1 atom stereocenters. The maximum Gasteiger partial charge on any atom is 0.305 e. The highest BCUT2D eigenvalue weighted by Gasteiger charge is 2.15. The molecule has 0 aliphatic carbocycles. The zero-order valence-electron chi connectivity index (χ0n) is 10.5. The molecule has 0 heterocycles. The van der Waals surface area contributed by atoms with E-state index in [4.69, 9.17) is 10.5 Å². The molecule has 1 unspecified atom stereocenters. The maximum absolute atomic E-state index is 13.4. The van der Waals surface area contributed by atoms with Gasteiger partial charge >= 0.3 is 5.69 Å². The lowest BCUT2D eigenvalue weighted by Crippen LogP contribution is -2.18. The Morgan fingerprint density at radius 3 is 2.55 bits per heavy atom. The molecule has 2 N–H and O–H groups in total. The van der Waals surface area contributed by atoms with Crippen LogP contribution in [0.25, 0.3) is 0 Å². The molecule has 0 aliphatic heterocycles. The second-order valence-corrected chi connectivity index (χ2v) is 4.20. The first-order valence-corrected chi connectivity index (χ1v) is 5.95. The Morgan fingerprint density at radius 1 is 1.25 bits per heavy atom. The van der Waals surface area contributed by atoms with Crippen molar-refractivity contribution in [3.8, 4) is 5.75 Å². The topological polar surface area (TPSA) is 78.4 Å². The third kappa shape index (κ3) is 3.30. The van der Waals surface area contributed by atoms with Crippen LogP contribution in [0.15, 0.2) is 48.5 Å². The molecule has 5 nitrogen and oxygen atoms in total. The molecule has 0 fully saturated rings. The normalized spacial score (nSPS) is 11.9. The van der Waals surface area contributed by atoms with Crippen molar-refractivity contribution < 1.29 is 14.1 Å². The summed E-state index contributed by atoms with van der Waals surface area (Å²) in [6.45, 7) is 0.154. The van der Waals surface area contributed by atoms with Gasteiger partial charge in [-0.1, -0.05) is 30.3 Å². The monoisotopic (exact) mass is 276 g/mol. The Morgan fingerprint density at radius 2 is 1.95 bits per heavy atom. The van der Waals surface area contributed by atoms with Crippen LogP contribution in [0.4, 0.5) is 10.1 Å². The second-order valence-electron chi connectivity index (χ2n) is 4.20. The predicted octanol–water partition coefficient (Wildman–Crippen LogP) is 2.81. The maximum atomic E-state index is 13.4. The standard InChI is InChI=1S/C14H13FN2O3/c15-12-8-11(6-7-14(12)17(18)19)20-9-13(16)10-4-2-1-3-5-10/h1-8,13H,9,16H2. The van der Waals surface area contributed by atoms with Crippen LogP contribution >= 0.6 is 0 Å². The van der Waals surface area contributed by atoms with Gasteiger partial charge in [-0.2, -0.15) is 4.39 Å². The molecule has 0 aromatic heterocycles. The minimum Gasteiger partial charge on any atom is -0.492 e. The first kappa shape index (κ1) is 14.0. The van der Waals surface area contributed by atoms with Crippen molar-refractivity contribution in [1.82, 2.24) is 0 Å². The minimum atomic E-state index is -0.930. The van der Waals surface area contributed by atoms with Gasteiger partial charge in [0, 0.05) is 12.1 Å². The molecule has 0 amide bonds. The summed E-state index contributed by atoms with van der Waals surface area (Å²) in [4.78, 5) is 9.71. The minimum absolute atomic E-state index is 0.154. The Hall–Kier alpha value is -2.47. The van der Waals surface area contributed by atoms with Crippen molar-refractivity contribution in [2.45, 2.75) is 6.04 Å². The summed E-state index contributed by atoms with van der Waals surface area (Å²) in [5.74, 6) is -0.722. The van der Waals surface area contributed by atoms with Crippen LogP contribution in [-0.2, 0) is 0 Å². The molecule has 2 aromatic rings. The summed E-state index contributed by atoms with van der Waals surface area (Å²) < 4.78 is 18.7. The van der Waals surface area contributed by atoms with Gasteiger partial charge < -0.3 is 10.5 Å². The average Bonchev–Trinajstić information content (AvgIpc) is 2.45. The molecule has 0 radical (unpaired) electrons. The van der Waals surface area contributed by atoms with Crippen molar-refractivity contribution in [2.75, 3.05) is 6.61 Å². The molecule has 2 aromatic carbocycles. The third-order valence-electron chi connectivity index (χ3n) is 2.77. The van der Waals surface area contributed by atoms with Crippen LogP contribution in [0, 0.1) is 15.9 Å². The van der Waals surface area contributed by atoms with Gasteiger partial charge in [0.2, 0.25) is 5.82 Å². The van der Waals surface area contributed by atoms with E-state index in [-0.39, 0.29) is 18.4 Å². The lowest BCUT2D eigenvalue weighted by molar-refractivity contribution is -0.387. The number of nitrogens with zero attached hydrogens (tertiary/aromatic N) is 1. The van der Waals surface area contributed by atoms with Gasteiger partial charge in [-0.15, -0.1) is 0 Å². The number of hydrogen-bond donors (Lipinski definition) is 1. The smallest absolute Gasteiger partial charge is 0.305 e. The molecule has 20 heavy (non-hydrogen) atoms. The Kier molecular flexibility index (Phi) is 4.27. The summed E-state index contributed by atoms with van der Waals surface area (Å²) >= 11 is 0. The molecule has 0 saturated carbocycles. The van der Waals surface area contributed by atoms with E-state index in [2.05, 4.69) is 0 Å². The number of nitrogens with two attached hydrogens (primary N) is 1. The van der Waals surface area contributed by atoms with E-state index >= 15 is 0 Å². The molecule has 0 saturated heterocycles. The van der Waals surface area contributed by atoms with Gasteiger partial charge in [-0.05, 0) is 11.6 Å². The van der Waals surface area contributed by atoms with Gasteiger partial charge in [-0.3, -0.25) is 10.1 Å². The van der Waals surface area contributed by atoms with Gasteiger partial charge in [0.25, 0.3) is 0 Å². The van der Waals surface area contributed by atoms with Crippen LogP contribution in [0.1, 0.15) is 11.6 Å². The van der Waals surface area contributed by atoms with E-state index in [1.165, 1.54) is 6.07 Å². The number of rotatable bonds is 5. The van der Waals surface area contributed by atoms with E-state index in [0.717, 1.165) is 17.7 Å². The van der Waals surface area contributed by atoms with E-state index in [1.54, 1.807) is 0 Å². The van der Waals surface area contributed by atoms with Gasteiger partial charge in [0.15, 0.2) is 0 Å². The van der Waals surface area contributed by atoms with Crippen LogP contribution in [-0.4, -0.2) is 11.5 Å². The lowest BCUT2D eigenvalue weighted by Gasteiger charge is -2.13. The second kappa shape index (κ2) is 6.12. The number of halogens is 1.